The Kier molecular flexibility index (Phi) is 6.61. The van der Waals surface area contributed by atoms with E-state index in [4.69, 9.17) is 0 Å². The number of nitrogens with zero attached hydrogens (tertiary/aromatic N) is 2. The highest BCUT2D eigenvalue weighted by atomic mass is 16.2. The van der Waals surface area contributed by atoms with E-state index in [1.165, 1.54) is 11.1 Å². The summed E-state index contributed by atoms with van der Waals surface area (Å²) in [5, 5.41) is 5.57. The van der Waals surface area contributed by atoms with Crippen LogP contribution in [0, 0.1) is 13.8 Å². The van der Waals surface area contributed by atoms with Crippen molar-refractivity contribution in [3.05, 3.63) is 94.8 Å². The summed E-state index contributed by atoms with van der Waals surface area (Å²) in [5.41, 5.74) is 6.35. The van der Waals surface area contributed by atoms with Crippen molar-refractivity contribution in [3.63, 3.8) is 0 Å². The molecule has 3 aromatic rings. The molecule has 2 N–H and O–H groups in total. The molecule has 1 aliphatic rings. The van der Waals surface area contributed by atoms with E-state index >= 15 is 0 Å². The average Bonchev–Trinajstić information content (AvgIpc) is 2.82. The van der Waals surface area contributed by atoms with Gasteiger partial charge in [0.15, 0.2) is 0 Å². The fourth-order valence-corrected chi connectivity index (χ4v) is 4.15. The lowest BCUT2D eigenvalue weighted by Gasteiger charge is -2.35. The molecule has 0 radical (unpaired) electrons. The Hall–Kier alpha value is -3.51. The Morgan fingerprint density at radius 1 is 1.00 bits per heavy atom. The van der Waals surface area contributed by atoms with Gasteiger partial charge >= 0.3 is 11.8 Å². The first-order valence-electron chi connectivity index (χ1n) is 10.9. The smallest absolute Gasteiger partial charge is 0.313 e. The van der Waals surface area contributed by atoms with Crippen LogP contribution < -0.4 is 10.6 Å². The summed E-state index contributed by atoms with van der Waals surface area (Å²) < 4.78 is 0. The molecule has 164 valence electrons. The number of hydrogen-bond acceptors (Lipinski definition) is 4. The number of hydrogen-bond donors (Lipinski definition) is 2. The third-order valence-electron chi connectivity index (χ3n) is 6.19. The molecule has 0 spiro atoms. The van der Waals surface area contributed by atoms with E-state index in [1.807, 2.05) is 44.3 Å². The Morgan fingerprint density at radius 3 is 2.59 bits per heavy atom. The van der Waals surface area contributed by atoms with Crippen LogP contribution in [0.15, 0.2) is 67.0 Å². The van der Waals surface area contributed by atoms with Crippen LogP contribution >= 0.6 is 0 Å². The third-order valence-corrected chi connectivity index (χ3v) is 6.19. The molecule has 0 aliphatic carbocycles. The maximum Gasteiger partial charge on any atom is 0.313 e. The van der Waals surface area contributed by atoms with E-state index in [0.29, 0.717) is 12.2 Å². The Balaban J connectivity index is 1.45. The molecule has 6 heteroatoms. The van der Waals surface area contributed by atoms with Crippen molar-refractivity contribution < 1.29 is 9.59 Å². The first kappa shape index (κ1) is 21.7. The Labute approximate surface area is 188 Å². The molecule has 1 atom stereocenters. The normalized spacial score (nSPS) is 14.3. The van der Waals surface area contributed by atoms with E-state index in [0.717, 1.165) is 36.2 Å². The molecular weight excluding hydrogens is 400 g/mol. The molecule has 2 aromatic carbocycles. The molecule has 2 heterocycles. The van der Waals surface area contributed by atoms with Crippen LogP contribution in [0.4, 0.5) is 5.69 Å². The molecule has 0 saturated heterocycles. The van der Waals surface area contributed by atoms with Gasteiger partial charge in [-0.05, 0) is 60.2 Å². The molecule has 1 aliphatic heterocycles. The number of pyridine rings is 1. The van der Waals surface area contributed by atoms with Crippen LogP contribution in [-0.4, -0.2) is 34.8 Å². The predicted octanol–water partition coefficient (Wildman–Crippen LogP) is 3.55. The third kappa shape index (κ3) is 4.86. The molecule has 0 unspecified atom stereocenters. The van der Waals surface area contributed by atoms with Gasteiger partial charge in [0.25, 0.3) is 0 Å². The number of carbonyl (C=O) groups is 2. The average molecular weight is 429 g/mol. The Morgan fingerprint density at radius 2 is 1.81 bits per heavy atom. The van der Waals surface area contributed by atoms with Gasteiger partial charge in [-0.3, -0.25) is 19.5 Å². The molecule has 4 rings (SSSR count). The van der Waals surface area contributed by atoms with Gasteiger partial charge in [-0.2, -0.15) is 0 Å². The minimum atomic E-state index is -0.660. The molecule has 32 heavy (non-hydrogen) atoms. The number of fused-ring (bicyclic) bond motifs is 1. The number of rotatable bonds is 5. The second-order valence-corrected chi connectivity index (χ2v) is 8.20. The fourth-order valence-electron chi connectivity index (χ4n) is 4.15. The van der Waals surface area contributed by atoms with Gasteiger partial charge in [-0.15, -0.1) is 0 Å². The molecule has 2 amide bonds. The second-order valence-electron chi connectivity index (χ2n) is 8.20. The van der Waals surface area contributed by atoms with Crippen LogP contribution in [0.5, 0.6) is 0 Å². The molecule has 1 aromatic heterocycles. The number of aromatic nitrogens is 1. The summed E-state index contributed by atoms with van der Waals surface area (Å²) in [7, 11) is 0. The van der Waals surface area contributed by atoms with Crippen LogP contribution in [0.1, 0.15) is 33.9 Å². The van der Waals surface area contributed by atoms with Crippen molar-refractivity contribution in [1.82, 2.24) is 15.2 Å². The molecular formula is C26H28N4O2. The van der Waals surface area contributed by atoms with E-state index in [-0.39, 0.29) is 6.04 Å². The zero-order chi connectivity index (χ0) is 22.5. The number of amides is 2. The van der Waals surface area contributed by atoms with Gasteiger partial charge in [-0.1, -0.05) is 42.5 Å². The first-order valence-corrected chi connectivity index (χ1v) is 10.9. The highest BCUT2D eigenvalue weighted by Crippen LogP contribution is 2.27. The largest absolute Gasteiger partial charge is 0.346 e. The number of carbonyl (C=O) groups excluding carboxylic acids is 2. The van der Waals surface area contributed by atoms with E-state index in [9.17, 15) is 9.59 Å². The second kappa shape index (κ2) is 9.75. The standard InChI is InChI=1S/C26H28N4O2/c1-18-7-5-11-23(19(18)2)29-26(32)25(31)28-16-24(21-10-6-13-27-15-21)30-14-12-20-8-3-4-9-22(20)17-30/h3-11,13,15,24H,12,14,16-17H2,1-2H3,(H,28,31)(H,29,32)/t24-/m1/s1. The summed E-state index contributed by atoms with van der Waals surface area (Å²) >= 11 is 0. The highest BCUT2D eigenvalue weighted by molar-refractivity contribution is 6.39. The van der Waals surface area contributed by atoms with Crippen molar-refractivity contribution in [2.24, 2.45) is 0 Å². The Bertz CT molecular complexity index is 1110. The minimum Gasteiger partial charge on any atom is -0.346 e. The van der Waals surface area contributed by atoms with E-state index in [1.54, 1.807) is 12.3 Å². The highest BCUT2D eigenvalue weighted by Gasteiger charge is 2.26. The number of nitrogens with one attached hydrogen (secondary N) is 2. The molecule has 6 nitrogen and oxygen atoms in total. The van der Waals surface area contributed by atoms with Gasteiger partial charge < -0.3 is 10.6 Å². The van der Waals surface area contributed by atoms with Crippen LogP contribution in [0.25, 0.3) is 0 Å². The van der Waals surface area contributed by atoms with E-state index < -0.39 is 11.8 Å². The predicted molar refractivity (Wildman–Crippen MR) is 125 cm³/mol. The number of benzene rings is 2. The zero-order valence-electron chi connectivity index (χ0n) is 18.5. The van der Waals surface area contributed by atoms with Crippen LogP contribution in [0.3, 0.4) is 0 Å². The van der Waals surface area contributed by atoms with Gasteiger partial charge in [0.2, 0.25) is 0 Å². The summed E-state index contributed by atoms with van der Waals surface area (Å²) in [6.45, 7) is 5.89. The van der Waals surface area contributed by atoms with Gasteiger partial charge in [0.05, 0.1) is 6.04 Å². The summed E-state index contributed by atoms with van der Waals surface area (Å²) in [6.07, 6.45) is 4.52. The van der Waals surface area contributed by atoms with Crippen LogP contribution in [-0.2, 0) is 22.6 Å². The summed E-state index contributed by atoms with van der Waals surface area (Å²) in [6, 6.07) is 17.9. The fraction of sp³-hybridized carbons (Fsp3) is 0.269. The number of aryl methyl sites for hydroxylation is 1. The lowest BCUT2D eigenvalue weighted by atomic mass is 9.97. The van der Waals surface area contributed by atoms with Gasteiger partial charge in [0.1, 0.15) is 0 Å². The lowest BCUT2D eigenvalue weighted by Crippen LogP contribution is -2.43. The zero-order valence-corrected chi connectivity index (χ0v) is 18.5. The lowest BCUT2D eigenvalue weighted by molar-refractivity contribution is -0.136. The van der Waals surface area contributed by atoms with E-state index in [2.05, 4.69) is 44.8 Å². The maximum atomic E-state index is 12.6. The molecule has 0 fully saturated rings. The topological polar surface area (TPSA) is 74.3 Å². The maximum absolute atomic E-state index is 12.6. The van der Waals surface area contributed by atoms with Crippen molar-refractivity contribution in [3.8, 4) is 0 Å². The van der Waals surface area contributed by atoms with Gasteiger partial charge in [-0.25, -0.2) is 0 Å². The molecule has 0 saturated carbocycles. The van der Waals surface area contributed by atoms with Crippen molar-refractivity contribution in [2.75, 3.05) is 18.4 Å². The summed E-state index contributed by atoms with van der Waals surface area (Å²) in [4.78, 5) is 31.7. The molecule has 0 bridgehead atoms. The van der Waals surface area contributed by atoms with Crippen molar-refractivity contribution >= 4 is 17.5 Å². The van der Waals surface area contributed by atoms with Crippen molar-refractivity contribution in [1.29, 1.82) is 0 Å². The van der Waals surface area contributed by atoms with Crippen LogP contribution in [0.2, 0.25) is 0 Å². The summed E-state index contributed by atoms with van der Waals surface area (Å²) in [5.74, 6) is -1.30. The van der Waals surface area contributed by atoms with Crippen molar-refractivity contribution in [2.45, 2.75) is 32.9 Å². The first-order chi connectivity index (χ1) is 15.5. The monoisotopic (exact) mass is 428 g/mol. The number of anilines is 1. The quantitative estimate of drug-likeness (QED) is 0.610. The minimum absolute atomic E-state index is 0.0745. The van der Waals surface area contributed by atoms with Gasteiger partial charge in [0, 0.05) is 37.7 Å². The SMILES string of the molecule is Cc1cccc(NC(=O)C(=O)NC[C@H](c2cccnc2)N2CCc3ccccc3C2)c1C.